The fraction of sp³-hybridized carbons (Fsp3) is 0.381. The van der Waals surface area contributed by atoms with E-state index in [0.717, 1.165) is 11.3 Å². The second kappa shape index (κ2) is 9.15. The van der Waals surface area contributed by atoms with E-state index in [9.17, 15) is 13.2 Å². The van der Waals surface area contributed by atoms with Crippen molar-refractivity contribution in [1.82, 2.24) is 10.0 Å². The number of halogens is 1. The van der Waals surface area contributed by atoms with Crippen molar-refractivity contribution in [3.8, 4) is 5.75 Å². The molecule has 2 N–H and O–H groups in total. The average Bonchev–Trinajstić information content (AvgIpc) is 2.62. The molecule has 0 spiro atoms. The first-order valence-corrected chi connectivity index (χ1v) is 11.0. The van der Waals surface area contributed by atoms with E-state index in [1.807, 2.05) is 31.2 Å². The number of nitrogens with one attached hydrogen (secondary N) is 2. The van der Waals surface area contributed by atoms with Gasteiger partial charge in [-0.1, -0.05) is 29.8 Å². The Bertz CT molecular complexity index is 973. The molecule has 2 aromatic carbocycles. The van der Waals surface area contributed by atoms with Gasteiger partial charge in [0.15, 0.2) is 0 Å². The van der Waals surface area contributed by atoms with Crippen LogP contribution in [0.1, 0.15) is 44.4 Å². The molecule has 2 aromatic rings. The molecule has 0 unspecified atom stereocenters. The Balaban J connectivity index is 2.05. The zero-order valence-electron chi connectivity index (χ0n) is 17.2. The number of ether oxygens (including phenoxy) is 1. The van der Waals surface area contributed by atoms with Crippen LogP contribution < -0.4 is 14.8 Å². The largest absolute Gasteiger partial charge is 0.497 e. The first-order chi connectivity index (χ1) is 13.4. The smallest absolute Gasteiger partial charge is 0.241 e. The van der Waals surface area contributed by atoms with Crippen LogP contribution in [-0.4, -0.2) is 27.0 Å². The minimum absolute atomic E-state index is 0.0215. The van der Waals surface area contributed by atoms with Gasteiger partial charge in [-0.15, -0.1) is 0 Å². The fourth-order valence-corrected chi connectivity index (χ4v) is 4.91. The number of amides is 1. The molecule has 0 bridgehead atoms. The summed E-state index contributed by atoms with van der Waals surface area (Å²) in [6.07, 6.45) is -0.0215. The summed E-state index contributed by atoms with van der Waals surface area (Å²) in [6.45, 7) is 6.85. The van der Waals surface area contributed by atoms with Gasteiger partial charge < -0.3 is 10.1 Å². The second-order valence-electron chi connectivity index (χ2n) is 7.59. The van der Waals surface area contributed by atoms with Crippen molar-refractivity contribution in [2.75, 3.05) is 7.11 Å². The van der Waals surface area contributed by atoms with Crippen molar-refractivity contribution in [2.45, 2.75) is 50.6 Å². The molecule has 0 heterocycles. The van der Waals surface area contributed by atoms with E-state index in [0.29, 0.717) is 10.6 Å². The van der Waals surface area contributed by atoms with Crippen LogP contribution in [0.5, 0.6) is 5.75 Å². The van der Waals surface area contributed by atoms with Gasteiger partial charge in [0.1, 0.15) is 5.75 Å². The zero-order valence-corrected chi connectivity index (χ0v) is 18.8. The van der Waals surface area contributed by atoms with Crippen molar-refractivity contribution in [2.24, 2.45) is 0 Å². The van der Waals surface area contributed by atoms with Crippen molar-refractivity contribution in [3.63, 3.8) is 0 Å². The van der Waals surface area contributed by atoms with Gasteiger partial charge in [-0.2, -0.15) is 0 Å². The molecule has 0 saturated carbocycles. The van der Waals surface area contributed by atoms with Crippen LogP contribution in [0.3, 0.4) is 0 Å². The summed E-state index contributed by atoms with van der Waals surface area (Å²) in [6, 6.07) is 11.9. The van der Waals surface area contributed by atoms with Crippen LogP contribution >= 0.6 is 11.6 Å². The Kier molecular flexibility index (Phi) is 7.32. The van der Waals surface area contributed by atoms with Gasteiger partial charge in [-0.05, 0) is 63.1 Å². The zero-order chi connectivity index (χ0) is 21.8. The molecule has 8 heteroatoms. The Hall–Kier alpha value is -2.09. The number of hydrogen-bond acceptors (Lipinski definition) is 4. The van der Waals surface area contributed by atoms with Gasteiger partial charge >= 0.3 is 0 Å². The third-order valence-electron chi connectivity index (χ3n) is 4.51. The Morgan fingerprint density at radius 2 is 1.79 bits per heavy atom. The molecule has 0 aliphatic carbocycles. The van der Waals surface area contributed by atoms with Crippen molar-refractivity contribution in [3.05, 3.63) is 58.6 Å². The number of benzene rings is 2. The molecule has 0 aromatic heterocycles. The Labute approximate surface area is 177 Å². The number of rotatable bonds is 8. The lowest BCUT2D eigenvalue weighted by Gasteiger charge is -2.27. The molecule has 1 atom stereocenters. The van der Waals surface area contributed by atoms with Gasteiger partial charge in [-0.3, -0.25) is 4.79 Å². The van der Waals surface area contributed by atoms with Gasteiger partial charge in [0.2, 0.25) is 15.9 Å². The summed E-state index contributed by atoms with van der Waals surface area (Å²) in [7, 11) is -2.24. The van der Waals surface area contributed by atoms with Crippen LogP contribution in [0.25, 0.3) is 0 Å². The van der Waals surface area contributed by atoms with E-state index in [2.05, 4.69) is 10.0 Å². The summed E-state index contributed by atoms with van der Waals surface area (Å²) in [5.41, 5.74) is 0.402. The summed E-state index contributed by atoms with van der Waals surface area (Å²) < 4.78 is 33.3. The molecule has 0 fully saturated rings. The summed E-state index contributed by atoms with van der Waals surface area (Å²) in [5.74, 6) is 0.475. The number of methoxy groups -OCH3 is 1. The molecule has 29 heavy (non-hydrogen) atoms. The minimum Gasteiger partial charge on any atom is -0.497 e. The van der Waals surface area contributed by atoms with Gasteiger partial charge in [-0.25, -0.2) is 13.1 Å². The monoisotopic (exact) mass is 438 g/mol. The van der Waals surface area contributed by atoms with Gasteiger partial charge in [0.25, 0.3) is 0 Å². The number of carbonyl (C=O) groups is 1. The number of hydrogen-bond donors (Lipinski definition) is 2. The Morgan fingerprint density at radius 1 is 1.17 bits per heavy atom. The van der Waals surface area contributed by atoms with Crippen LogP contribution in [0.4, 0.5) is 0 Å². The first kappa shape index (κ1) is 23.2. The highest BCUT2D eigenvalue weighted by molar-refractivity contribution is 7.89. The number of sulfonamides is 1. The SMILES string of the molecule is COc1ccc([C@@H](C)NC(=O)CC(C)(C)NS(=O)(=O)c2cccc(Cl)c2C)cc1. The molecular formula is C21H27ClN2O4S. The average molecular weight is 439 g/mol. The van der Waals surface area contributed by atoms with Gasteiger partial charge in [0, 0.05) is 17.0 Å². The topological polar surface area (TPSA) is 84.5 Å². The maximum Gasteiger partial charge on any atom is 0.241 e. The van der Waals surface area contributed by atoms with E-state index in [-0.39, 0.29) is 23.3 Å². The van der Waals surface area contributed by atoms with Crippen LogP contribution in [0, 0.1) is 6.92 Å². The maximum atomic E-state index is 12.8. The molecule has 158 valence electrons. The fourth-order valence-electron chi connectivity index (χ4n) is 3.00. The molecule has 2 rings (SSSR count). The maximum absolute atomic E-state index is 12.8. The quantitative estimate of drug-likeness (QED) is 0.652. The Morgan fingerprint density at radius 3 is 2.38 bits per heavy atom. The predicted octanol–water partition coefficient (Wildman–Crippen LogP) is 3.98. The lowest BCUT2D eigenvalue weighted by Crippen LogP contribution is -2.47. The number of carbonyl (C=O) groups excluding carboxylic acids is 1. The van der Waals surface area contributed by atoms with Crippen LogP contribution in [0.15, 0.2) is 47.4 Å². The summed E-state index contributed by atoms with van der Waals surface area (Å²) in [4.78, 5) is 12.6. The molecule has 0 aliphatic heterocycles. The molecule has 0 aliphatic rings. The minimum atomic E-state index is -3.83. The summed E-state index contributed by atoms with van der Waals surface area (Å²) >= 11 is 6.05. The molecule has 1 amide bonds. The van der Waals surface area contributed by atoms with Crippen molar-refractivity contribution >= 4 is 27.5 Å². The standard InChI is InChI=1S/C21H27ClN2O4S/c1-14-18(22)7-6-8-19(14)29(26,27)24-21(3,4)13-20(25)23-15(2)16-9-11-17(28-5)12-10-16/h6-12,15,24H,13H2,1-5H3,(H,23,25)/t15-/m1/s1. The lowest BCUT2D eigenvalue weighted by atomic mass is 10.0. The van der Waals surface area contributed by atoms with Gasteiger partial charge in [0.05, 0.1) is 18.0 Å². The van der Waals surface area contributed by atoms with Crippen LogP contribution in [-0.2, 0) is 14.8 Å². The molecule has 6 nitrogen and oxygen atoms in total. The van der Waals surface area contributed by atoms with E-state index in [1.54, 1.807) is 40.0 Å². The van der Waals surface area contributed by atoms with Crippen LogP contribution in [0.2, 0.25) is 5.02 Å². The second-order valence-corrected chi connectivity index (χ2v) is 9.65. The third-order valence-corrected chi connectivity index (χ3v) is 6.77. The third kappa shape index (κ3) is 6.19. The molecule has 0 saturated heterocycles. The van der Waals surface area contributed by atoms with Crippen molar-refractivity contribution < 1.29 is 17.9 Å². The normalized spacial score (nSPS) is 13.0. The first-order valence-electron chi connectivity index (χ1n) is 9.17. The highest BCUT2D eigenvalue weighted by atomic mass is 35.5. The highest BCUT2D eigenvalue weighted by Gasteiger charge is 2.30. The predicted molar refractivity (Wildman–Crippen MR) is 115 cm³/mol. The highest BCUT2D eigenvalue weighted by Crippen LogP contribution is 2.25. The molecule has 0 radical (unpaired) electrons. The van der Waals surface area contributed by atoms with E-state index >= 15 is 0 Å². The van der Waals surface area contributed by atoms with E-state index in [4.69, 9.17) is 16.3 Å². The van der Waals surface area contributed by atoms with E-state index in [1.165, 1.54) is 6.07 Å². The van der Waals surface area contributed by atoms with Crippen molar-refractivity contribution in [1.29, 1.82) is 0 Å². The molecular weight excluding hydrogens is 412 g/mol. The van der Waals surface area contributed by atoms with E-state index < -0.39 is 15.6 Å². The lowest BCUT2D eigenvalue weighted by molar-refractivity contribution is -0.122. The summed E-state index contributed by atoms with van der Waals surface area (Å²) in [5, 5.41) is 3.27.